The summed E-state index contributed by atoms with van der Waals surface area (Å²) < 4.78 is 0. The van der Waals surface area contributed by atoms with Gasteiger partial charge in [0, 0.05) is 0 Å². The van der Waals surface area contributed by atoms with Crippen molar-refractivity contribution < 1.29 is 0 Å². The molecule has 1 aliphatic carbocycles. The highest BCUT2D eigenvalue weighted by molar-refractivity contribution is 5.27. The van der Waals surface area contributed by atoms with Crippen molar-refractivity contribution in [3.05, 3.63) is 35.4 Å². The fourth-order valence-electron chi connectivity index (χ4n) is 4.38. The molecule has 21 heavy (non-hydrogen) atoms. The maximum absolute atomic E-state index is 3.47. The molecule has 1 saturated carbocycles. The third kappa shape index (κ3) is 4.10. The van der Waals surface area contributed by atoms with Crippen LogP contribution in [0.4, 0.5) is 0 Å². The normalized spacial score (nSPS) is 26.7. The summed E-state index contributed by atoms with van der Waals surface area (Å²) in [6.07, 6.45) is 9.53. The van der Waals surface area contributed by atoms with Crippen LogP contribution in [0.3, 0.4) is 0 Å². The van der Waals surface area contributed by atoms with Gasteiger partial charge in [-0.15, -0.1) is 0 Å². The van der Waals surface area contributed by atoms with Crippen molar-refractivity contribution in [3.63, 3.8) is 0 Å². The van der Waals surface area contributed by atoms with Crippen LogP contribution >= 0.6 is 0 Å². The summed E-state index contributed by atoms with van der Waals surface area (Å²) in [4.78, 5) is 0. The van der Waals surface area contributed by atoms with E-state index >= 15 is 0 Å². The van der Waals surface area contributed by atoms with Crippen molar-refractivity contribution in [1.82, 2.24) is 5.32 Å². The summed E-state index contributed by atoms with van der Waals surface area (Å²) in [6.45, 7) is 7.30. The van der Waals surface area contributed by atoms with Crippen molar-refractivity contribution in [2.75, 3.05) is 13.1 Å². The van der Waals surface area contributed by atoms with Crippen molar-refractivity contribution in [2.24, 2.45) is 11.3 Å². The molecule has 1 N–H and O–H groups in total. The molecule has 1 saturated heterocycles. The lowest BCUT2D eigenvalue weighted by Crippen LogP contribution is -2.28. The smallest absolute Gasteiger partial charge is 0.00462 e. The van der Waals surface area contributed by atoms with Gasteiger partial charge in [0.1, 0.15) is 0 Å². The minimum Gasteiger partial charge on any atom is -0.317 e. The topological polar surface area (TPSA) is 12.0 Å². The van der Waals surface area contributed by atoms with Crippen LogP contribution in [0.1, 0.15) is 69.4 Å². The number of piperidine rings is 1. The summed E-state index contributed by atoms with van der Waals surface area (Å²) in [5.41, 5.74) is 3.71. The van der Waals surface area contributed by atoms with E-state index in [2.05, 4.69) is 43.4 Å². The van der Waals surface area contributed by atoms with E-state index in [4.69, 9.17) is 0 Å². The lowest BCUT2D eigenvalue weighted by Gasteiger charge is -2.35. The van der Waals surface area contributed by atoms with Gasteiger partial charge >= 0.3 is 0 Å². The van der Waals surface area contributed by atoms with Crippen molar-refractivity contribution >= 4 is 0 Å². The number of benzene rings is 1. The summed E-state index contributed by atoms with van der Waals surface area (Å²) in [5.74, 6) is 1.69. The predicted molar refractivity (Wildman–Crippen MR) is 90.7 cm³/mol. The molecule has 1 aromatic carbocycles. The Hall–Kier alpha value is -0.820. The van der Waals surface area contributed by atoms with E-state index in [-0.39, 0.29) is 0 Å². The van der Waals surface area contributed by atoms with Crippen LogP contribution in [0.5, 0.6) is 0 Å². The van der Waals surface area contributed by atoms with Gasteiger partial charge in [0.15, 0.2) is 0 Å². The average Bonchev–Trinajstić information content (AvgIpc) is 2.47. The Morgan fingerprint density at radius 1 is 1.14 bits per heavy atom. The molecule has 1 unspecified atom stereocenters. The second-order valence-electron chi connectivity index (χ2n) is 8.10. The Kier molecular flexibility index (Phi) is 4.69. The number of nitrogens with one attached hydrogen (secondary N) is 1. The second kappa shape index (κ2) is 6.52. The molecule has 2 fully saturated rings. The highest BCUT2D eigenvalue weighted by Crippen LogP contribution is 2.43. The highest BCUT2D eigenvalue weighted by Gasteiger charge is 2.28. The van der Waals surface area contributed by atoms with E-state index in [9.17, 15) is 0 Å². The van der Waals surface area contributed by atoms with Crippen molar-refractivity contribution in [1.29, 1.82) is 0 Å². The summed E-state index contributed by atoms with van der Waals surface area (Å²) in [6, 6.07) is 9.54. The van der Waals surface area contributed by atoms with Gasteiger partial charge in [-0.1, -0.05) is 44.5 Å². The molecule has 0 aromatic heterocycles. The Balaban J connectivity index is 1.67. The molecular formula is C20H31N. The Labute approximate surface area is 130 Å². The van der Waals surface area contributed by atoms with E-state index < -0.39 is 0 Å². The first-order chi connectivity index (χ1) is 10.1. The van der Waals surface area contributed by atoms with Gasteiger partial charge in [-0.2, -0.15) is 0 Å². The summed E-state index contributed by atoms with van der Waals surface area (Å²) in [5, 5.41) is 3.47. The SMILES string of the molecule is CC1(C)CCCC(c2cccc(CC3CCNCC3)c2)C1. The van der Waals surface area contributed by atoms with Crippen LogP contribution < -0.4 is 5.32 Å². The first kappa shape index (κ1) is 15.1. The van der Waals surface area contributed by atoms with E-state index in [0.29, 0.717) is 5.41 Å². The van der Waals surface area contributed by atoms with Crippen molar-refractivity contribution in [2.45, 2.75) is 64.7 Å². The molecule has 1 atom stereocenters. The molecular weight excluding hydrogens is 254 g/mol. The number of hydrogen-bond acceptors (Lipinski definition) is 1. The minimum atomic E-state index is 0.536. The predicted octanol–water partition coefficient (Wildman–Crippen LogP) is 4.91. The summed E-state index contributed by atoms with van der Waals surface area (Å²) >= 11 is 0. The van der Waals surface area contributed by atoms with E-state index in [1.807, 2.05) is 0 Å². The zero-order chi connectivity index (χ0) is 14.7. The van der Waals surface area contributed by atoms with Gasteiger partial charge in [0.05, 0.1) is 0 Å². The maximum atomic E-state index is 3.47. The van der Waals surface area contributed by atoms with Gasteiger partial charge in [-0.3, -0.25) is 0 Å². The minimum absolute atomic E-state index is 0.536. The van der Waals surface area contributed by atoms with E-state index in [0.717, 1.165) is 11.8 Å². The Morgan fingerprint density at radius 3 is 2.71 bits per heavy atom. The quantitative estimate of drug-likeness (QED) is 0.832. The zero-order valence-electron chi connectivity index (χ0n) is 13.8. The molecule has 116 valence electrons. The van der Waals surface area contributed by atoms with Gasteiger partial charge < -0.3 is 5.32 Å². The fourth-order valence-corrected chi connectivity index (χ4v) is 4.38. The van der Waals surface area contributed by atoms with Crippen LogP contribution in [0.25, 0.3) is 0 Å². The van der Waals surface area contributed by atoms with Crippen LogP contribution in [0.2, 0.25) is 0 Å². The van der Waals surface area contributed by atoms with Gasteiger partial charge in [-0.05, 0) is 80.0 Å². The monoisotopic (exact) mass is 285 g/mol. The molecule has 0 spiro atoms. The van der Waals surface area contributed by atoms with Gasteiger partial charge in [0.2, 0.25) is 0 Å². The molecule has 0 amide bonds. The van der Waals surface area contributed by atoms with Gasteiger partial charge in [0.25, 0.3) is 0 Å². The van der Waals surface area contributed by atoms with Crippen LogP contribution in [-0.4, -0.2) is 13.1 Å². The molecule has 1 aromatic rings. The van der Waals surface area contributed by atoms with Gasteiger partial charge in [-0.25, -0.2) is 0 Å². The van der Waals surface area contributed by atoms with Crippen LogP contribution in [-0.2, 0) is 6.42 Å². The molecule has 0 radical (unpaired) electrons. The lowest BCUT2D eigenvalue weighted by atomic mass is 9.70. The largest absolute Gasteiger partial charge is 0.317 e. The number of rotatable bonds is 3. The van der Waals surface area contributed by atoms with Crippen molar-refractivity contribution in [3.8, 4) is 0 Å². The first-order valence-corrected chi connectivity index (χ1v) is 8.92. The molecule has 2 aliphatic rings. The van der Waals surface area contributed by atoms with E-state index in [1.54, 1.807) is 11.1 Å². The highest BCUT2D eigenvalue weighted by atomic mass is 14.9. The Morgan fingerprint density at radius 2 is 1.95 bits per heavy atom. The summed E-state index contributed by atoms with van der Waals surface area (Å²) in [7, 11) is 0. The first-order valence-electron chi connectivity index (χ1n) is 8.92. The van der Waals surface area contributed by atoms with E-state index in [1.165, 1.54) is 58.0 Å². The maximum Gasteiger partial charge on any atom is -0.00462 e. The molecule has 1 heterocycles. The fraction of sp³-hybridized carbons (Fsp3) is 0.700. The molecule has 1 aliphatic heterocycles. The third-order valence-corrected chi connectivity index (χ3v) is 5.61. The standard InChI is InChI=1S/C20H31N/c1-20(2)10-4-7-19(15-20)18-6-3-5-17(14-18)13-16-8-11-21-12-9-16/h3,5-6,14,16,19,21H,4,7-13,15H2,1-2H3. The number of hydrogen-bond donors (Lipinski definition) is 1. The Bertz CT molecular complexity index is 457. The molecule has 1 nitrogen and oxygen atoms in total. The van der Waals surface area contributed by atoms with Crippen LogP contribution in [0, 0.1) is 11.3 Å². The zero-order valence-corrected chi connectivity index (χ0v) is 13.8. The second-order valence-corrected chi connectivity index (χ2v) is 8.10. The molecule has 0 bridgehead atoms. The average molecular weight is 285 g/mol. The third-order valence-electron chi connectivity index (χ3n) is 5.61. The molecule has 3 rings (SSSR count). The molecule has 1 heteroatoms. The lowest BCUT2D eigenvalue weighted by molar-refractivity contribution is 0.219. The van der Waals surface area contributed by atoms with Crippen LogP contribution in [0.15, 0.2) is 24.3 Å².